The lowest BCUT2D eigenvalue weighted by Gasteiger charge is -2.27. The van der Waals surface area contributed by atoms with Crippen molar-refractivity contribution in [1.29, 1.82) is 0 Å². The fourth-order valence-corrected chi connectivity index (χ4v) is 4.58. The van der Waals surface area contributed by atoms with Crippen LogP contribution >= 0.6 is 0 Å². The third-order valence-electron chi connectivity index (χ3n) is 6.57. The van der Waals surface area contributed by atoms with Gasteiger partial charge in [0.1, 0.15) is 23.1 Å². The maximum atomic E-state index is 12.9. The maximum Gasteiger partial charge on any atom is 0.272 e. The van der Waals surface area contributed by atoms with Gasteiger partial charge in [-0.3, -0.25) is 14.7 Å². The third-order valence-corrected chi connectivity index (χ3v) is 6.57. The van der Waals surface area contributed by atoms with Crippen molar-refractivity contribution in [3.05, 3.63) is 48.1 Å². The van der Waals surface area contributed by atoms with Crippen LogP contribution in [0.4, 0.5) is 11.5 Å². The highest BCUT2D eigenvalue weighted by Gasteiger charge is 2.24. The number of allylic oxidation sites excluding steroid dienone is 1. The van der Waals surface area contributed by atoms with Gasteiger partial charge in [0, 0.05) is 19.0 Å². The lowest BCUT2D eigenvalue weighted by Crippen LogP contribution is -2.26. The molecule has 1 aromatic carbocycles. The Morgan fingerprint density at radius 3 is 2.86 bits per heavy atom. The van der Waals surface area contributed by atoms with Gasteiger partial charge in [-0.15, -0.1) is 0 Å². The number of nitrogens with zero attached hydrogens (tertiary/aromatic N) is 3. The van der Waals surface area contributed by atoms with E-state index in [1.807, 2.05) is 6.07 Å². The minimum atomic E-state index is -0.367. The first kappa shape index (κ1) is 22.6. The normalized spacial score (nSPS) is 19.4. The van der Waals surface area contributed by atoms with E-state index in [1.54, 1.807) is 12.1 Å². The molecule has 2 aliphatic rings. The molecule has 1 aliphatic heterocycles. The van der Waals surface area contributed by atoms with Crippen LogP contribution in [-0.4, -0.2) is 50.2 Å². The fourth-order valence-electron chi connectivity index (χ4n) is 4.58. The summed E-state index contributed by atoms with van der Waals surface area (Å²) in [7, 11) is 0. The maximum absolute atomic E-state index is 12.9. The van der Waals surface area contributed by atoms with Crippen molar-refractivity contribution in [1.82, 2.24) is 25.5 Å². The van der Waals surface area contributed by atoms with Gasteiger partial charge in [-0.05, 0) is 49.3 Å². The Hall–Kier alpha value is -4.15. The first-order chi connectivity index (χ1) is 17.0. The number of hydrogen-bond donors (Lipinski definition) is 5. The van der Waals surface area contributed by atoms with Gasteiger partial charge in [0.2, 0.25) is 0 Å². The number of aromatic amines is 1. The summed E-state index contributed by atoms with van der Waals surface area (Å²) in [4.78, 5) is 32.9. The molecular formula is C24H27N7O4. The monoisotopic (exact) mass is 477 g/mol. The number of anilines is 2. The van der Waals surface area contributed by atoms with E-state index in [9.17, 15) is 14.7 Å². The predicted molar refractivity (Wildman–Crippen MR) is 129 cm³/mol. The van der Waals surface area contributed by atoms with E-state index >= 15 is 0 Å². The molecule has 1 saturated carbocycles. The Balaban J connectivity index is 1.22. The van der Waals surface area contributed by atoms with Crippen LogP contribution in [0, 0.1) is 11.8 Å². The van der Waals surface area contributed by atoms with Crippen LogP contribution in [0.1, 0.15) is 41.7 Å². The number of aliphatic hydroxyl groups excluding tert-OH is 1. The molecule has 5 rings (SSSR count). The Kier molecular flexibility index (Phi) is 6.21. The Bertz CT molecular complexity index is 1280. The molecule has 3 aromatic rings. The molecule has 0 spiro atoms. The number of H-pyrrole nitrogens is 1. The predicted octanol–water partition coefficient (Wildman–Crippen LogP) is 2.90. The Morgan fingerprint density at radius 2 is 2.06 bits per heavy atom. The summed E-state index contributed by atoms with van der Waals surface area (Å²) in [5.41, 5.74) is 2.60. The van der Waals surface area contributed by atoms with E-state index < -0.39 is 0 Å². The molecule has 182 valence electrons. The van der Waals surface area contributed by atoms with Crippen molar-refractivity contribution < 1.29 is 19.4 Å². The number of amides is 2. The molecule has 0 saturated heterocycles. The smallest absolute Gasteiger partial charge is 0.272 e. The first-order valence-electron chi connectivity index (χ1n) is 11.6. The summed E-state index contributed by atoms with van der Waals surface area (Å²) in [5.74, 6) is 1.54. The van der Waals surface area contributed by atoms with Crippen molar-refractivity contribution in [2.45, 2.75) is 32.2 Å². The number of aliphatic hydroxyl groups is 1. The fraction of sp³-hybridized carbons (Fsp3) is 0.375. The van der Waals surface area contributed by atoms with Crippen LogP contribution in [0.25, 0.3) is 11.0 Å². The molecule has 3 heterocycles. The highest BCUT2D eigenvalue weighted by Crippen LogP contribution is 2.32. The molecule has 0 unspecified atom stereocenters. The highest BCUT2D eigenvalue weighted by atomic mass is 16.5. The number of nitrogens with one attached hydrogen (secondary N) is 4. The largest absolute Gasteiger partial charge is 0.513 e. The van der Waals surface area contributed by atoms with Crippen LogP contribution in [0.2, 0.25) is 0 Å². The van der Waals surface area contributed by atoms with Gasteiger partial charge in [-0.25, -0.2) is 9.97 Å². The van der Waals surface area contributed by atoms with E-state index in [2.05, 4.69) is 42.7 Å². The molecule has 0 atom stereocenters. The summed E-state index contributed by atoms with van der Waals surface area (Å²) in [6, 6.07) is 5.36. The average molecular weight is 478 g/mol. The zero-order valence-corrected chi connectivity index (χ0v) is 19.1. The second-order valence-electron chi connectivity index (χ2n) is 8.96. The van der Waals surface area contributed by atoms with Gasteiger partial charge in [-0.2, -0.15) is 5.10 Å². The number of benzene rings is 1. The van der Waals surface area contributed by atoms with E-state index in [4.69, 9.17) is 4.74 Å². The van der Waals surface area contributed by atoms with Gasteiger partial charge in [0.15, 0.2) is 18.1 Å². The van der Waals surface area contributed by atoms with Gasteiger partial charge in [-0.1, -0.05) is 12.6 Å². The third kappa shape index (κ3) is 4.88. The molecule has 11 heteroatoms. The topological polar surface area (TPSA) is 154 Å². The van der Waals surface area contributed by atoms with E-state index in [-0.39, 0.29) is 42.3 Å². The zero-order valence-electron chi connectivity index (χ0n) is 19.1. The Labute approximate surface area is 201 Å². The quantitative estimate of drug-likeness (QED) is 0.326. The molecular weight excluding hydrogens is 450 g/mol. The van der Waals surface area contributed by atoms with Crippen molar-refractivity contribution in [3.63, 3.8) is 0 Å². The summed E-state index contributed by atoms with van der Waals surface area (Å²) >= 11 is 0. The summed E-state index contributed by atoms with van der Waals surface area (Å²) in [6.45, 7) is 4.63. The summed E-state index contributed by atoms with van der Waals surface area (Å²) < 4.78 is 5.36. The van der Waals surface area contributed by atoms with Gasteiger partial charge >= 0.3 is 0 Å². The second-order valence-corrected chi connectivity index (χ2v) is 8.96. The first-order valence-corrected chi connectivity index (χ1v) is 11.6. The highest BCUT2D eigenvalue weighted by molar-refractivity contribution is 6.04. The average Bonchev–Trinajstić information content (AvgIpc) is 3.29. The molecule has 1 aliphatic carbocycles. The van der Waals surface area contributed by atoms with Gasteiger partial charge in [0.05, 0.1) is 11.4 Å². The number of aromatic nitrogens is 4. The number of hydrogen-bond acceptors (Lipinski definition) is 8. The summed E-state index contributed by atoms with van der Waals surface area (Å²) in [6.07, 6.45) is 5.21. The molecule has 1 fully saturated rings. The lowest BCUT2D eigenvalue weighted by atomic mass is 9.81. The van der Waals surface area contributed by atoms with Crippen LogP contribution in [-0.2, 0) is 11.3 Å². The van der Waals surface area contributed by atoms with Crippen molar-refractivity contribution in [2.75, 3.05) is 23.8 Å². The number of carbonyl (C=O) groups excluding carboxylic acids is 2. The summed E-state index contributed by atoms with van der Waals surface area (Å²) in [5, 5.41) is 25.8. The minimum Gasteiger partial charge on any atom is -0.513 e. The standard InChI is InChI=1S/C24H27N7O4/c1-13(32)16-5-2-14(3-6-16)9-25-23-21-20(30-31-23)22(28-12-27-21)24(34)26-10-15-4-7-18-17(8-15)29-19(33)11-35-18/h4,7-8,12,14,16,32H,1-3,5-6,9-11H2,(H,26,34)(H,29,33)(H2,25,30,31)/t14-,16-. The van der Waals surface area contributed by atoms with Gasteiger partial charge in [0.25, 0.3) is 11.8 Å². The number of carbonyl (C=O) groups is 2. The van der Waals surface area contributed by atoms with Crippen LogP contribution in [0.15, 0.2) is 36.9 Å². The molecule has 0 radical (unpaired) electrons. The molecule has 5 N–H and O–H groups in total. The SMILES string of the molecule is C=C(O)[C@H]1CC[C@H](CNc2n[nH]c3c(C(=O)NCc4ccc5c(c4)NC(=O)CO5)ncnc23)CC1. The van der Waals surface area contributed by atoms with E-state index in [0.29, 0.717) is 34.2 Å². The van der Waals surface area contributed by atoms with Crippen molar-refractivity contribution in [3.8, 4) is 5.75 Å². The van der Waals surface area contributed by atoms with E-state index in [0.717, 1.165) is 37.8 Å². The molecule has 2 amide bonds. The van der Waals surface area contributed by atoms with Crippen molar-refractivity contribution >= 4 is 34.4 Å². The molecule has 11 nitrogen and oxygen atoms in total. The van der Waals surface area contributed by atoms with E-state index in [1.165, 1.54) is 6.33 Å². The minimum absolute atomic E-state index is 0.00515. The van der Waals surface area contributed by atoms with Crippen molar-refractivity contribution in [2.24, 2.45) is 11.8 Å². The number of ether oxygens (including phenoxy) is 1. The molecule has 0 bridgehead atoms. The molecule has 35 heavy (non-hydrogen) atoms. The van der Waals surface area contributed by atoms with Crippen LogP contribution < -0.4 is 20.7 Å². The zero-order chi connectivity index (χ0) is 24.4. The number of fused-ring (bicyclic) bond motifs is 2. The van der Waals surface area contributed by atoms with Gasteiger partial charge < -0.3 is 25.8 Å². The Morgan fingerprint density at radius 1 is 1.23 bits per heavy atom. The lowest BCUT2D eigenvalue weighted by molar-refractivity contribution is -0.118. The van der Waals surface area contributed by atoms with Crippen LogP contribution in [0.3, 0.4) is 0 Å². The molecule has 2 aromatic heterocycles. The number of rotatable bonds is 7. The second kappa shape index (κ2) is 9.61. The van der Waals surface area contributed by atoms with Crippen LogP contribution in [0.5, 0.6) is 5.75 Å².